The molecule has 1 aliphatic heterocycles. The number of halogens is 1. The molecular formula is C13H19FN2. The molecular weight excluding hydrogens is 203 g/mol. The third-order valence-electron chi connectivity index (χ3n) is 3.21. The molecule has 1 heterocycles. The Labute approximate surface area is 96.5 Å². The highest BCUT2D eigenvalue weighted by atomic mass is 19.1. The molecule has 0 aliphatic carbocycles. The molecule has 0 saturated carbocycles. The van der Waals surface area contributed by atoms with Crippen LogP contribution in [-0.4, -0.2) is 26.2 Å². The highest BCUT2D eigenvalue weighted by Gasteiger charge is 2.17. The first-order chi connectivity index (χ1) is 7.79. The summed E-state index contributed by atoms with van der Waals surface area (Å²) in [5, 5.41) is 3.38. The maximum Gasteiger partial charge on any atom is 0.123 e. The van der Waals surface area contributed by atoms with Crippen LogP contribution in [0.15, 0.2) is 24.3 Å². The fourth-order valence-corrected chi connectivity index (χ4v) is 2.25. The topological polar surface area (TPSA) is 15.3 Å². The highest BCUT2D eigenvalue weighted by Crippen LogP contribution is 2.18. The van der Waals surface area contributed by atoms with E-state index in [0.717, 1.165) is 37.8 Å². The van der Waals surface area contributed by atoms with Crippen LogP contribution in [0.3, 0.4) is 0 Å². The summed E-state index contributed by atoms with van der Waals surface area (Å²) >= 11 is 0. The van der Waals surface area contributed by atoms with E-state index >= 15 is 0 Å². The maximum atomic E-state index is 12.8. The Morgan fingerprint density at radius 3 is 2.69 bits per heavy atom. The zero-order valence-electron chi connectivity index (χ0n) is 9.75. The van der Waals surface area contributed by atoms with Gasteiger partial charge in [-0.1, -0.05) is 0 Å². The van der Waals surface area contributed by atoms with Crippen LogP contribution in [-0.2, 0) is 0 Å². The Morgan fingerprint density at radius 2 is 2.12 bits per heavy atom. The lowest BCUT2D eigenvalue weighted by Crippen LogP contribution is -2.30. The molecule has 2 rings (SSSR count). The molecule has 1 fully saturated rings. The van der Waals surface area contributed by atoms with Gasteiger partial charge < -0.3 is 10.2 Å². The molecule has 16 heavy (non-hydrogen) atoms. The van der Waals surface area contributed by atoms with Gasteiger partial charge in [0.15, 0.2) is 0 Å². The van der Waals surface area contributed by atoms with Crippen molar-refractivity contribution in [3.8, 4) is 0 Å². The molecule has 1 saturated heterocycles. The van der Waals surface area contributed by atoms with E-state index in [9.17, 15) is 4.39 Å². The molecule has 1 unspecified atom stereocenters. The van der Waals surface area contributed by atoms with Gasteiger partial charge >= 0.3 is 0 Å². The average molecular weight is 222 g/mol. The van der Waals surface area contributed by atoms with Gasteiger partial charge in [0.25, 0.3) is 0 Å². The minimum atomic E-state index is -0.165. The van der Waals surface area contributed by atoms with Gasteiger partial charge in [-0.15, -0.1) is 0 Å². The molecule has 1 aliphatic rings. The second-order valence-electron chi connectivity index (χ2n) is 4.37. The average Bonchev–Trinajstić information content (AvgIpc) is 2.80. The molecule has 0 aromatic heterocycles. The zero-order valence-corrected chi connectivity index (χ0v) is 9.75. The van der Waals surface area contributed by atoms with Gasteiger partial charge in [0.1, 0.15) is 5.82 Å². The van der Waals surface area contributed by atoms with E-state index in [2.05, 4.69) is 17.1 Å². The molecule has 3 heteroatoms. The van der Waals surface area contributed by atoms with Crippen molar-refractivity contribution in [2.24, 2.45) is 5.92 Å². The van der Waals surface area contributed by atoms with Crippen molar-refractivity contribution in [3.63, 3.8) is 0 Å². The first-order valence-electron chi connectivity index (χ1n) is 6.01. The Bertz CT molecular complexity index is 317. The summed E-state index contributed by atoms with van der Waals surface area (Å²) in [6.07, 6.45) is 1.25. The second kappa shape index (κ2) is 5.30. The van der Waals surface area contributed by atoms with Crippen molar-refractivity contribution in [3.05, 3.63) is 30.1 Å². The van der Waals surface area contributed by atoms with E-state index < -0.39 is 0 Å². The quantitative estimate of drug-likeness (QED) is 0.840. The Morgan fingerprint density at radius 1 is 1.38 bits per heavy atom. The van der Waals surface area contributed by atoms with Crippen molar-refractivity contribution in [1.29, 1.82) is 0 Å². The minimum Gasteiger partial charge on any atom is -0.371 e. The van der Waals surface area contributed by atoms with Gasteiger partial charge in [-0.05, 0) is 56.6 Å². The zero-order chi connectivity index (χ0) is 11.4. The molecule has 0 radical (unpaired) electrons. The predicted octanol–water partition coefficient (Wildman–Crippen LogP) is 2.26. The van der Waals surface area contributed by atoms with Gasteiger partial charge in [-0.3, -0.25) is 0 Å². The Hall–Kier alpha value is -1.09. The van der Waals surface area contributed by atoms with Crippen molar-refractivity contribution in [2.45, 2.75) is 13.3 Å². The first-order valence-corrected chi connectivity index (χ1v) is 6.01. The van der Waals surface area contributed by atoms with Crippen LogP contribution in [0.25, 0.3) is 0 Å². The normalized spacial score (nSPS) is 20.0. The summed E-state index contributed by atoms with van der Waals surface area (Å²) < 4.78 is 12.8. The van der Waals surface area contributed by atoms with Gasteiger partial charge in [0, 0.05) is 18.8 Å². The number of anilines is 1. The van der Waals surface area contributed by atoms with Crippen LogP contribution in [0, 0.1) is 11.7 Å². The summed E-state index contributed by atoms with van der Waals surface area (Å²) in [6, 6.07) is 6.79. The van der Waals surface area contributed by atoms with E-state index in [1.165, 1.54) is 18.6 Å². The molecule has 0 spiro atoms. The number of nitrogens with zero attached hydrogens (tertiary/aromatic N) is 1. The van der Waals surface area contributed by atoms with Crippen LogP contribution < -0.4 is 10.2 Å². The van der Waals surface area contributed by atoms with Crippen molar-refractivity contribution in [1.82, 2.24) is 5.32 Å². The number of hydrogen-bond acceptors (Lipinski definition) is 2. The lowest BCUT2D eigenvalue weighted by Gasteiger charge is -2.26. The molecule has 0 amide bonds. The third-order valence-corrected chi connectivity index (χ3v) is 3.21. The van der Waals surface area contributed by atoms with E-state index in [0.29, 0.717) is 0 Å². The SMILES string of the molecule is CCN(CC1CCNC1)c1ccc(F)cc1. The Kier molecular flexibility index (Phi) is 3.78. The molecule has 1 atom stereocenters. The number of nitrogens with one attached hydrogen (secondary N) is 1. The van der Waals surface area contributed by atoms with Crippen LogP contribution in [0.1, 0.15) is 13.3 Å². The fourth-order valence-electron chi connectivity index (χ4n) is 2.25. The standard InChI is InChI=1S/C13H19FN2/c1-2-16(10-11-7-8-15-9-11)13-5-3-12(14)4-6-13/h3-6,11,15H,2,7-10H2,1H3. The van der Waals surface area contributed by atoms with E-state index in [1.807, 2.05) is 12.1 Å². The van der Waals surface area contributed by atoms with Gasteiger partial charge in [0.2, 0.25) is 0 Å². The number of benzene rings is 1. The molecule has 0 bridgehead atoms. The lowest BCUT2D eigenvalue weighted by molar-refractivity contribution is 0.564. The highest BCUT2D eigenvalue weighted by molar-refractivity contribution is 5.46. The van der Waals surface area contributed by atoms with E-state index in [1.54, 1.807) is 0 Å². The van der Waals surface area contributed by atoms with Crippen molar-refractivity contribution in [2.75, 3.05) is 31.1 Å². The first kappa shape index (κ1) is 11.4. The van der Waals surface area contributed by atoms with Gasteiger partial charge in [-0.25, -0.2) is 4.39 Å². The minimum absolute atomic E-state index is 0.165. The van der Waals surface area contributed by atoms with Crippen molar-refractivity contribution < 1.29 is 4.39 Å². The summed E-state index contributed by atoms with van der Waals surface area (Å²) in [4.78, 5) is 2.32. The van der Waals surface area contributed by atoms with Crippen LogP contribution in [0.4, 0.5) is 10.1 Å². The van der Waals surface area contributed by atoms with Crippen LogP contribution >= 0.6 is 0 Å². The lowest BCUT2D eigenvalue weighted by atomic mass is 10.1. The van der Waals surface area contributed by atoms with Crippen LogP contribution in [0.2, 0.25) is 0 Å². The predicted molar refractivity (Wildman–Crippen MR) is 65.3 cm³/mol. The van der Waals surface area contributed by atoms with E-state index in [-0.39, 0.29) is 5.82 Å². The Balaban J connectivity index is 2.00. The molecule has 1 aromatic rings. The van der Waals surface area contributed by atoms with Gasteiger partial charge in [0.05, 0.1) is 0 Å². The smallest absolute Gasteiger partial charge is 0.123 e. The second-order valence-corrected chi connectivity index (χ2v) is 4.37. The summed E-state index contributed by atoms with van der Waals surface area (Å²) in [5.41, 5.74) is 1.12. The molecule has 1 N–H and O–H groups in total. The van der Waals surface area contributed by atoms with Crippen molar-refractivity contribution >= 4 is 5.69 Å². The summed E-state index contributed by atoms with van der Waals surface area (Å²) in [6.45, 7) is 6.42. The monoisotopic (exact) mass is 222 g/mol. The maximum absolute atomic E-state index is 12.8. The molecule has 1 aromatic carbocycles. The molecule has 2 nitrogen and oxygen atoms in total. The molecule has 88 valence electrons. The van der Waals surface area contributed by atoms with Gasteiger partial charge in [-0.2, -0.15) is 0 Å². The summed E-state index contributed by atoms with van der Waals surface area (Å²) in [5.74, 6) is 0.562. The number of rotatable bonds is 4. The summed E-state index contributed by atoms with van der Waals surface area (Å²) in [7, 11) is 0. The fraction of sp³-hybridized carbons (Fsp3) is 0.538. The third kappa shape index (κ3) is 2.73. The van der Waals surface area contributed by atoms with Crippen LogP contribution in [0.5, 0.6) is 0 Å². The van der Waals surface area contributed by atoms with E-state index in [4.69, 9.17) is 0 Å². The number of hydrogen-bond donors (Lipinski definition) is 1. The largest absolute Gasteiger partial charge is 0.371 e.